The van der Waals surface area contributed by atoms with Crippen LogP contribution < -0.4 is 5.32 Å². The molecule has 0 bridgehead atoms. The zero-order valence-corrected chi connectivity index (χ0v) is 18.0. The van der Waals surface area contributed by atoms with Gasteiger partial charge in [-0.3, -0.25) is 9.48 Å². The molecule has 3 aromatic rings. The van der Waals surface area contributed by atoms with E-state index in [0.717, 1.165) is 61.1 Å². The number of fused-ring (bicyclic) bond motifs is 1. The van der Waals surface area contributed by atoms with Gasteiger partial charge in [0.2, 0.25) is 0 Å². The molecular formula is C24H25F3N4O2. The third kappa shape index (κ3) is 4.59. The van der Waals surface area contributed by atoms with Crippen LogP contribution in [-0.4, -0.2) is 32.4 Å². The van der Waals surface area contributed by atoms with Gasteiger partial charge in [0.25, 0.3) is 5.91 Å². The lowest BCUT2D eigenvalue weighted by Crippen LogP contribution is -2.20. The van der Waals surface area contributed by atoms with Crippen molar-refractivity contribution < 1.29 is 23.1 Å². The fourth-order valence-corrected chi connectivity index (χ4v) is 4.63. The van der Waals surface area contributed by atoms with E-state index in [2.05, 4.69) is 10.3 Å². The first-order chi connectivity index (χ1) is 15.8. The first kappa shape index (κ1) is 21.9. The molecule has 6 nitrogen and oxygen atoms in total. The first-order valence-corrected chi connectivity index (χ1v) is 11.3. The summed E-state index contributed by atoms with van der Waals surface area (Å²) in [5, 5.41) is 17.8. The van der Waals surface area contributed by atoms with Crippen molar-refractivity contribution in [1.29, 1.82) is 0 Å². The average molecular weight is 458 g/mol. The minimum atomic E-state index is -4.61. The number of aliphatic hydroxyl groups excluding tert-OH is 1. The van der Waals surface area contributed by atoms with Crippen LogP contribution in [0.2, 0.25) is 0 Å². The van der Waals surface area contributed by atoms with E-state index in [1.807, 2.05) is 23.0 Å². The maximum absolute atomic E-state index is 13.0. The summed E-state index contributed by atoms with van der Waals surface area (Å²) in [5.74, 6) is 0.000324. The summed E-state index contributed by atoms with van der Waals surface area (Å²) in [7, 11) is 0. The van der Waals surface area contributed by atoms with Crippen LogP contribution >= 0.6 is 0 Å². The van der Waals surface area contributed by atoms with E-state index in [4.69, 9.17) is 5.10 Å². The second-order valence-corrected chi connectivity index (χ2v) is 9.10. The predicted molar refractivity (Wildman–Crippen MR) is 117 cm³/mol. The molecule has 0 spiro atoms. The number of pyridine rings is 1. The largest absolute Gasteiger partial charge is 0.433 e. The van der Waals surface area contributed by atoms with Gasteiger partial charge in [-0.25, -0.2) is 4.98 Å². The van der Waals surface area contributed by atoms with Crippen molar-refractivity contribution in [3.05, 3.63) is 53.5 Å². The number of nitrogens with one attached hydrogen (secondary N) is 1. The summed E-state index contributed by atoms with van der Waals surface area (Å²) in [6.07, 6.45) is 3.21. The van der Waals surface area contributed by atoms with Crippen LogP contribution in [0, 0.1) is 5.92 Å². The Balaban J connectivity index is 1.42. The molecule has 2 saturated carbocycles. The monoisotopic (exact) mass is 458 g/mol. The Labute approximate surface area is 188 Å². The molecule has 2 fully saturated rings. The molecule has 174 valence electrons. The van der Waals surface area contributed by atoms with Crippen molar-refractivity contribution in [2.75, 3.05) is 11.9 Å². The number of aliphatic hydroxyl groups is 1. The molecule has 0 unspecified atom stereocenters. The molecule has 1 aromatic carbocycles. The lowest BCUT2D eigenvalue weighted by molar-refractivity contribution is -0.141. The molecule has 2 aliphatic carbocycles. The maximum Gasteiger partial charge on any atom is 0.433 e. The van der Waals surface area contributed by atoms with Gasteiger partial charge in [0.15, 0.2) is 0 Å². The average Bonchev–Trinajstić information content (AvgIpc) is 3.57. The smallest absolute Gasteiger partial charge is 0.396 e. The summed E-state index contributed by atoms with van der Waals surface area (Å²) in [6.45, 7) is 0.225. The second kappa shape index (κ2) is 8.44. The Morgan fingerprint density at radius 2 is 1.88 bits per heavy atom. The Kier molecular flexibility index (Phi) is 5.60. The van der Waals surface area contributed by atoms with Crippen molar-refractivity contribution in [2.24, 2.45) is 5.92 Å². The Hall–Kier alpha value is -2.94. The number of carbonyl (C=O) groups excluding carboxylic acids is 1. The van der Waals surface area contributed by atoms with Crippen LogP contribution in [0.1, 0.15) is 72.2 Å². The standard InChI is InChI=1S/C24H25F3N4O2/c25-24(26,27)22-3-1-2-19(28-22)23(33)29-21-10-16-12-31(17-8-4-14(13-32)5-9-17)30-20(16)11-18(21)15-6-7-15/h1-3,10-12,14-15,17,32H,4-9,13H2,(H,29,33). The van der Waals surface area contributed by atoms with Gasteiger partial charge in [0.05, 0.1) is 11.6 Å². The summed E-state index contributed by atoms with van der Waals surface area (Å²) < 4.78 is 41.0. The van der Waals surface area contributed by atoms with Crippen LogP contribution in [0.4, 0.5) is 18.9 Å². The van der Waals surface area contributed by atoms with Crippen LogP contribution in [0.25, 0.3) is 10.9 Å². The topological polar surface area (TPSA) is 80.0 Å². The van der Waals surface area contributed by atoms with Gasteiger partial charge >= 0.3 is 6.18 Å². The van der Waals surface area contributed by atoms with Crippen molar-refractivity contribution in [3.63, 3.8) is 0 Å². The van der Waals surface area contributed by atoms with E-state index in [-0.39, 0.29) is 18.3 Å². The van der Waals surface area contributed by atoms with Crippen LogP contribution in [0.3, 0.4) is 0 Å². The summed E-state index contributed by atoms with van der Waals surface area (Å²) in [4.78, 5) is 16.3. The fourth-order valence-electron chi connectivity index (χ4n) is 4.63. The number of rotatable bonds is 5. The number of alkyl halides is 3. The van der Waals surface area contributed by atoms with Crippen molar-refractivity contribution in [2.45, 2.75) is 56.7 Å². The third-order valence-electron chi connectivity index (χ3n) is 6.68. The molecule has 5 rings (SSSR count). The number of nitrogens with zero attached hydrogens (tertiary/aromatic N) is 3. The number of hydrogen-bond donors (Lipinski definition) is 2. The number of carbonyl (C=O) groups is 1. The minimum absolute atomic E-state index is 0.225. The second-order valence-electron chi connectivity index (χ2n) is 9.10. The van der Waals surface area contributed by atoms with E-state index >= 15 is 0 Å². The zero-order chi connectivity index (χ0) is 23.2. The lowest BCUT2D eigenvalue weighted by Gasteiger charge is -2.27. The van der Waals surface area contributed by atoms with Crippen LogP contribution in [0.5, 0.6) is 0 Å². The van der Waals surface area contributed by atoms with Gasteiger partial charge in [0.1, 0.15) is 11.4 Å². The Morgan fingerprint density at radius 1 is 1.12 bits per heavy atom. The zero-order valence-electron chi connectivity index (χ0n) is 18.0. The molecule has 0 saturated heterocycles. The first-order valence-electron chi connectivity index (χ1n) is 11.3. The number of anilines is 1. The van der Waals surface area contributed by atoms with E-state index < -0.39 is 17.8 Å². The van der Waals surface area contributed by atoms with Gasteiger partial charge in [-0.05, 0) is 80.2 Å². The Bertz CT molecular complexity index is 1180. The fraction of sp³-hybridized carbons (Fsp3) is 0.458. The van der Waals surface area contributed by atoms with Gasteiger partial charge in [0, 0.05) is 23.9 Å². The molecular weight excluding hydrogens is 433 g/mol. The van der Waals surface area contributed by atoms with E-state index in [1.165, 1.54) is 12.1 Å². The predicted octanol–water partition coefficient (Wildman–Crippen LogP) is 5.30. The summed E-state index contributed by atoms with van der Waals surface area (Å²) in [5.41, 5.74) is 1.03. The normalized spacial score (nSPS) is 21.3. The van der Waals surface area contributed by atoms with Crippen molar-refractivity contribution in [1.82, 2.24) is 14.8 Å². The van der Waals surface area contributed by atoms with E-state index in [9.17, 15) is 23.1 Å². The highest BCUT2D eigenvalue weighted by Crippen LogP contribution is 2.45. The molecule has 2 N–H and O–H groups in total. The van der Waals surface area contributed by atoms with Gasteiger partial charge < -0.3 is 10.4 Å². The molecule has 0 atom stereocenters. The number of hydrogen-bond acceptors (Lipinski definition) is 4. The number of benzene rings is 1. The van der Waals surface area contributed by atoms with E-state index in [0.29, 0.717) is 17.5 Å². The minimum Gasteiger partial charge on any atom is -0.396 e. The lowest BCUT2D eigenvalue weighted by atomic mass is 9.87. The van der Waals surface area contributed by atoms with Crippen molar-refractivity contribution in [3.8, 4) is 0 Å². The quantitative estimate of drug-likeness (QED) is 0.544. The Morgan fingerprint density at radius 3 is 2.55 bits per heavy atom. The van der Waals surface area contributed by atoms with Gasteiger partial charge in [-0.15, -0.1) is 0 Å². The van der Waals surface area contributed by atoms with Crippen LogP contribution in [-0.2, 0) is 6.18 Å². The molecule has 2 heterocycles. The van der Waals surface area contributed by atoms with Gasteiger partial charge in [-0.1, -0.05) is 6.07 Å². The number of halogens is 3. The highest BCUT2D eigenvalue weighted by atomic mass is 19.4. The number of amides is 1. The van der Waals surface area contributed by atoms with Gasteiger partial charge in [-0.2, -0.15) is 18.3 Å². The highest BCUT2D eigenvalue weighted by Gasteiger charge is 2.33. The molecule has 9 heteroatoms. The molecule has 0 aliphatic heterocycles. The van der Waals surface area contributed by atoms with Crippen LogP contribution in [0.15, 0.2) is 36.5 Å². The molecule has 33 heavy (non-hydrogen) atoms. The third-order valence-corrected chi connectivity index (χ3v) is 6.68. The summed E-state index contributed by atoms with van der Waals surface area (Å²) in [6, 6.07) is 7.43. The SMILES string of the molecule is O=C(Nc1cc2cn(C3CCC(CO)CC3)nc2cc1C1CC1)c1cccc(C(F)(F)F)n1. The molecule has 1 amide bonds. The molecule has 2 aliphatic rings. The van der Waals surface area contributed by atoms with Crippen molar-refractivity contribution >= 4 is 22.5 Å². The molecule has 2 aromatic heterocycles. The maximum atomic E-state index is 13.0. The molecule has 0 radical (unpaired) electrons. The van der Waals surface area contributed by atoms with E-state index in [1.54, 1.807) is 0 Å². The summed E-state index contributed by atoms with van der Waals surface area (Å²) >= 11 is 0. The number of aromatic nitrogens is 3. The highest BCUT2D eigenvalue weighted by molar-refractivity contribution is 6.04.